The number of aromatic nitrogens is 1. The highest BCUT2D eigenvalue weighted by atomic mass is 16.5. The van der Waals surface area contributed by atoms with Crippen LogP contribution in [-0.2, 0) is 16.0 Å². The molecule has 1 aromatic heterocycles. The summed E-state index contributed by atoms with van der Waals surface area (Å²) in [7, 11) is 1.63. The molecule has 0 unspecified atom stereocenters. The number of benzene rings is 1. The molecular formula is C18H25NO4. The van der Waals surface area contributed by atoms with Gasteiger partial charge in [0, 0.05) is 19.0 Å². The molecule has 0 spiro atoms. The Hall–Kier alpha value is -1.85. The fourth-order valence-electron chi connectivity index (χ4n) is 2.85. The van der Waals surface area contributed by atoms with E-state index < -0.39 is 5.97 Å². The molecule has 0 aliphatic rings. The molecule has 0 bridgehead atoms. The van der Waals surface area contributed by atoms with E-state index in [2.05, 4.69) is 19.9 Å². The minimum absolute atomic E-state index is 0.308. The van der Waals surface area contributed by atoms with Gasteiger partial charge in [0.15, 0.2) is 0 Å². The van der Waals surface area contributed by atoms with E-state index in [-0.39, 0.29) is 0 Å². The molecule has 126 valence electrons. The Morgan fingerprint density at radius 1 is 1.22 bits per heavy atom. The summed E-state index contributed by atoms with van der Waals surface area (Å²) in [4.78, 5) is 11.6. The van der Waals surface area contributed by atoms with Crippen molar-refractivity contribution in [1.82, 2.24) is 4.57 Å². The van der Waals surface area contributed by atoms with E-state index in [0.29, 0.717) is 38.0 Å². The minimum atomic E-state index is -0.912. The second kappa shape index (κ2) is 7.62. The number of aryl methyl sites for hydroxylation is 1. The number of hydrogen-bond donors (Lipinski definition) is 1. The molecule has 0 fully saturated rings. The van der Waals surface area contributed by atoms with Gasteiger partial charge in [-0.25, -0.2) is 4.79 Å². The first-order valence-corrected chi connectivity index (χ1v) is 7.89. The largest absolute Gasteiger partial charge is 0.477 e. The maximum absolute atomic E-state index is 11.6. The number of nitrogens with zero attached hydrogens (tertiary/aromatic N) is 1. The Bertz CT molecular complexity index is 688. The summed E-state index contributed by atoms with van der Waals surface area (Å²) in [5.74, 6) is -0.590. The predicted octanol–water partition coefficient (Wildman–Crippen LogP) is 3.43. The summed E-state index contributed by atoms with van der Waals surface area (Å²) in [5, 5.41) is 10.5. The van der Waals surface area contributed by atoms with Crippen LogP contribution in [0.15, 0.2) is 18.2 Å². The molecule has 1 heterocycles. The van der Waals surface area contributed by atoms with E-state index in [4.69, 9.17) is 9.47 Å². The Balaban J connectivity index is 2.42. The second-order valence-electron chi connectivity index (χ2n) is 6.04. The van der Waals surface area contributed by atoms with Crippen LogP contribution in [-0.4, -0.2) is 42.6 Å². The zero-order valence-electron chi connectivity index (χ0n) is 14.3. The normalized spacial score (nSPS) is 11.5. The molecule has 0 aliphatic heterocycles. The van der Waals surface area contributed by atoms with Crippen LogP contribution in [0, 0.1) is 6.92 Å². The highest BCUT2D eigenvalue weighted by Gasteiger charge is 2.18. The summed E-state index contributed by atoms with van der Waals surface area (Å²) in [5.41, 5.74) is 3.62. The lowest BCUT2D eigenvalue weighted by Crippen LogP contribution is -2.14. The molecular weight excluding hydrogens is 294 g/mol. The first kappa shape index (κ1) is 17.5. The van der Waals surface area contributed by atoms with Gasteiger partial charge in [0.1, 0.15) is 5.69 Å². The van der Waals surface area contributed by atoms with Gasteiger partial charge in [0.2, 0.25) is 0 Å². The second-order valence-corrected chi connectivity index (χ2v) is 6.04. The molecule has 0 atom stereocenters. The van der Waals surface area contributed by atoms with Crippen LogP contribution < -0.4 is 0 Å². The van der Waals surface area contributed by atoms with Crippen LogP contribution in [0.25, 0.3) is 10.9 Å². The molecule has 23 heavy (non-hydrogen) atoms. The van der Waals surface area contributed by atoms with E-state index in [1.165, 1.54) is 5.56 Å². The number of carboxylic acids is 1. The Kier molecular flexibility index (Phi) is 5.80. The van der Waals surface area contributed by atoms with Crippen LogP contribution in [0.4, 0.5) is 0 Å². The lowest BCUT2D eigenvalue weighted by molar-refractivity contribution is 0.0632. The minimum Gasteiger partial charge on any atom is -0.477 e. The van der Waals surface area contributed by atoms with Gasteiger partial charge >= 0.3 is 5.97 Å². The van der Waals surface area contributed by atoms with Gasteiger partial charge in [-0.3, -0.25) is 0 Å². The summed E-state index contributed by atoms with van der Waals surface area (Å²) < 4.78 is 12.3. The van der Waals surface area contributed by atoms with E-state index in [1.54, 1.807) is 13.2 Å². The highest BCUT2D eigenvalue weighted by Crippen LogP contribution is 2.30. The lowest BCUT2D eigenvalue weighted by atomic mass is 9.98. The lowest BCUT2D eigenvalue weighted by Gasteiger charge is -2.15. The van der Waals surface area contributed by atoms with E-state index in [9.17, 15) is 9.90 Å². The number of fused-ring (bicyclic) bond motifs is 1. The number of hydrogen-bond acceptors (Lipinski definition) is 3. The predicted molar refractivity (Wildman–Crippen MR) is 90.4 cm³/mol. The number of ether oxygens (including phenoxy) is 2. The number of rotatable bonds is 8. The fraction of sp³-hybridized carbons (Fsp3) is 0.500. The number of methoxy groups -OCH3 is 1. The average molecular weight is 319 g/mol. The van der Waals surface area contributed by atoms with Gasteiger partial charge in [-0.15, -0.1) is 0 Å². The SMILES string of the molecule is COCCOCCn1c(C(=O)O)cc2cc(C)cc(C(C)C)c21. The highest BCUT2D eigenvalue weighted by molar-refractivity contribution is 5.96. The average Bonchev–Trinajstić information content (AvgIpc) is 2.84. The topological polar surface area (TPSA) is 60.7 Å². The third-order valence-electron chi connectivity index (χ3n) is 3.90. The molecule has 0 radical (unpaired) electrons. The van der Waals surface area contributed by atoms with Crippen molar-refractivity contribution in [2.45, 2.75) is 33.2 Å². The molecule has 5 nitrogen and oxygen atoms in total. The van der Waals surface area contributed by atoms with Crippen LogP contribution >= 0.6 is 0 Å². The van der Waals surface area contributed by atoms with Crippen LogP contribution in [0.5, 0.6) is 0 Å². The van der Waals surface area contributed by atoms with Crippen molar-refractivity contribution in [3.05, 3.63) is 35.0 Å². The van der Waals surface area contributed by atoms with Crippen molar-refractivity contribution in [2.24, 2.45) is 0 Å². The molecule has 0 aliphatic carbocycles. The molecule has 5 heteroatoms. The molecule has 0 saturated heterocycles. The van der Waals surface area contributed by atoms with E-state index >= 15 is 0 Å². The molecule has 0 amide bonds. The monoisotopic (exact) mass is 319 g/mol. The van der Waals surface area contributed by atoms with Crippen LogP contribution in [0.2, 0.25) is 0 Å². The van der Waals surface area contributed by atoms with Gasteiger partial charge in [0.25, 0.3) is 0 Å². The van der Waals surface area contributed by atoms with Gasteiger partial charge in [0.05, 0.1) is 25.3 Å². The number of carbonyl (C=O) groups is 1. The Morgan fingerprint density at radius 3 is 2.57 bits per heavy atom. The third kappa shape index (κ3) is 3.92. The van der Waals surface area contributed by atoms with Crippen molar-refractivity contribution >= 4 is 16.9 Å². The quantitative estimate of drug-likeness (QED) is 0.757. The summed E-state index contributed by atoms with van der Waals surface area (Å²) in [6.07, 6.45) is 0. The summed E-state index contributed by atoms with van der Waals surface area (Å²) in [6, 6.07) is 5.93. The van der Waals surface area contributed by atoms with Gasteiger partial charge in [-0.2, -0.15) is 0 Å². The molecule has 0 saturated carbocycles. The van der Waals surface area contributed by atoms with Crippen molar-refractivity contribution in [2.75, 3.05) is 26.9 Å². The summed E-state index contributed by atoms with van der Waals surface area (Å²) >= 11 is 0. The van der Waals surface area contributed by atoms with Crippen molar-refractivity contribution in [1.29, 1.82) is 0 Å². The number of carboxylic acid groups (broad SMARTS) is 1. The summed E-state index contributed by atoms with van der Waals surface area (Å²) in [6.45, 7) is 8.30. The molecule has 2 rings (SSSR count). The smallest absolute Gasteiger partial charge is 0.352 e. The fourth-order valence-corrected chi connectivity index (χ4v) is 2.85. The maximum Gasteiger partial charge on any atom is 0.352 e. The van der Waals surface area contributed by atoms with Gasteiger partial charge in [-0.05, 0) is 30.5 Å². The third-order valence-corrected chi connectivity index (χ3v) is 3.90. The van der Waals surface area contributed by atoms with Crippen molar-refractivity contribution < 1.29 is 19.4 Å². The zero-order valence-corrected chi connectivity index (χ0v) is 14.3. The van der Waals surface area contributed by atoms with Crippen molar-refractivity contribution in [3.63, 3.8) is 0 Å². The van der Waals surface area contributed by atoms with Gasteiger partial charge in [-0.1, -0.05) is 25.5 Å². The standard InChI is InChI=1S/C18H25NO4/c1-12(2)15-10-13(3)9-14-11-16(18(20)21)19(17(14)15)5-6-23-8-7-22-4/h9-12H,5-8H2,1-4H3,(H,20,21). The van der Waals surface area contributed by atoms with E-state index in [1.807, 2.05) is 17.6 Å². The molecule has 2 aromatic rings. The Labute approximate surface area is 136 Å². The molecule has 1 N–H and O–H groups in total. The van der Waals surface area contributed by atoms with Crippen LogP contribution in [0.3, 0.4) is 0 Å². The first-order valence-electron chi connectivity index (χ1n) is 7.89. The number of aromatic carboxylic acids is 1. The Morgan fingerprint density at radius 2 is 1.96 bits per heavy atom. The first-order chi connectivity index (χ1) is 11.0. The van der Waals surface area contributed by atoms with Crippen molar-refractivity contribution in [3.8, 4) is 0 Å². The zero-order chi connectivity index (χ0) is 17.0. The van der Waals surface area contributed by atoms with E-state index in [0.717, 1.165) is 16.5 Å². The molecule has 1 aromatic carbocycles. The van der Waals surface area contributed by atoms with Crippen LogP contribution in [0.1, 0.15) is 41.4 Å². The van der Waals surface area contributed by atoms with Gasteiger partial charge < -0.3 is 19.1 Å². The maximum atomic E-state index is 11.6.